The third kappa shape index (κ3) is 4.48. The maximum absolute atomic E-state index is 11.1. The van der Waals surface area contributed by atoms with Crippen molar-refractivity contribution < 1.29 is 8.42 Å². The molecule has 0 aliphatic heterocycles. The van der Waals surface area contributed by atoms with Crippen LogP contribution in [0.1, 0.15) is 18.5 Å². The molecule has 1 rings (SSSR count). The van der Waals surface area contributed by atoms with Crippen LogP contribution in [0.3, 0.4) is 0 Å². The largest absolute Gasteiger partial charge is 0.372 e. The van der Waals surface area contributed by atoms with Gasteiger partial charge in [0, 0.05) is 25.9 Å². The van der Waals surface area contributed by atoms with E-state index in [1.807, 2.05) is 37.1 Å². The Morgan fingerprint density at radius 2 is 2.06 bits per heavy atom. The first-order chi connectivity index (χ1) is 8.20. The normalized spacial score (nSPS) is 13.4. The van der Waals surface area contributed by atoms with E-state index in [-0.39, 0.29) is 11.8 Å². The Bertz CT molecular complexity index is 515. The SMILES string of the molecule is C[C@H](N)c1ccc(N(C)CCS(C)(=O)=O)c(Cl)c1. The summed E-state index contributed by atoms with van der Waals surface area (Å²) in [6.07, 6.45) is 1.22. The minimum atomic E-state index is -2.97. The molecule has 0 aromatic heterocycles. The molecule has 0 bridgehead atoms. The Kier molecular flexibility index (Phi) is 5.01. The summed E-state index contributed by atoms with van der Waals surface area (Å²) < 4.78 is 22.2. The van der Waals surface area contributed by atoms with Crippen molar-refractivity contribution in [2.75, 3.05) is 30.5 Å². The molecule has 6 heteroatoms. The lowest BCUT2D eigenvalue weighted by atomic mass is 10.1. The highest BCUT2D eigenvalue weighted by molar-refractivity contribution is 7.90. The van der Waals surface area contributed by atoms with Crippen LogP contribution in [0.25, 0.3) is 0 Å². The van der Waals surface area contributed by atoms with E-state index in [2.05, 4.69) is 0 Å². The molecular formula is C12H19ClN2O2S. The van der Waals surface area contributed by atoms with E-state index in [1.54, 1.807) is 0 Å². The van der Waals surface area contributed by atoms with Gasteiger partial charge in [0.2, 0.25) is 0 Å². The standard InChI is InChI=1S/C12H19ClN2O2S/c1-9(14)10-4-5-12(11(13)8-10)15(2)6-7-18(3,16)17/h4-5,8-9H,6-7,14H2,1-3H3/t9-/m0/s1. The number of sulfone groups is 1. The van der Waals surface area contributed by atoms with Crippen molar-refractivity contribution in [1.29, 1.82) is 0 Å². The zero-order valence-corrected chi connectivity index (χ0v) is 12.4. The van der Waals surface area contributed by atoms with Crippen molar-refractivity contribution in [3.8, 4) is 0 Å². The first kappa shape index (κ1) is 15.3. The van der Waals surface area contributed by atoms with Crippen LogP contribution in [0.4, 0.5) is 5.69 Å². The lowest BCUT2D eigenvalue weighted by Gasteiger charge is -2.21. The van der Waals surface area contributed by atoms with Crippen LogP contribution in [0, 0.1) is 0 Å². The second-order valence-electron chi connectivity index (χ2n) is 4.55. The second kappa shape index (κ2) is 5.91. The van der Waals surface area contributed by atoms with Gasteiger partial charge in [-0.05, 0) is 24.6 Å². The third-order valence-corrected chi connectivity index (χ3v) is 3.93. The van der Waals surface area contributed by atoms with Crippen molar-refractivity contribution in [2.45, 2.75) is 13.0 Å². The minimum absolute atomic E-state index is 0.0714. The van der Waals surface area contributed by atoms with Gasteiger partial charge in [-0.2, -0.15) is 0 Å². The highest BCUT2D eigenvalue weighted by Crippen LogP contribution is 2.27. The van der Waals surface area contributed by atoms with Crippen molar-refractivity contribution in [3.63, 3.8) is 0 Å². The van der Waals surface area contributed by atoms with Crippen LogP contribution >= 0.6 is 11.6 Å². The second-order valence-corrected chi connectivity index (χ2v) is 7.22. The number of nitrogens with zero attached hydrogens (tertiary/aromatic N) is 1. The summed E-state index contributed by atoms with van der Waals surface area (Å²) in [5.41, 5.74) is 7.54. The Morgan fingerprint density at radius 1 is 1.44 bits per heavy atom. The van der Waals surface area contributed by atoms with E-state index < -0.39 is 9.84 Å². The molecule has 0 aliphatic rings. The average Bonchev–Trinajstić information content (AvgIpc) is 2.24. The van der Waals surface area contributed by atoms with Crippen LogP contribution < -0.4 is 10.6 Å². The summed E-state index contributed by atoms with van der Waals surface area (Å²) in [5, 5.41) is 0.584. The number of nitrogens with two attached hydrogens (primary N) is 1. The summed E-state index contributed by atoms with van der Waals surface area (Å²) in [6.45, 7) is 2.30. The monoisotopic (exact) mass is 290 g/mol. The van der Waals surface area contributed by atoms with E-state index in [0.717, 1.165) is 11.3 Å². The smallest absolute Gasteiger partial charge is 0.149 e. The lowest BCUT2D eigenvalue weighted by Crippen LogP contribution is -2.25. The van der Waals surface area contributed by atoms with E-state index >= 15 is 0 Å². The first-order valence-electron chi connectivity index (χ1n) is 5.64. The molecule has 0 unspecified atom stereocenters. The minimum Gasteiger partial charge on any atom is -0.372 e. The van der Waals surface area contributed by atoms with E-state index in [1.165, 1.54) is 6.26 Å². The molecular weight excluding hydrogens is 272 g/mol. The van der Waals surface area contributed by atoms with Crippen molar-refractivity contribution >= 4 is 27.1 Å². The average molecular weight is 291 g/mol. The molecule has 1 aromatic rings. The topological polar surface area (TPSA) is 63.4 Å². The van der Waals surface area contributed by atoms with Gasteiger partial charge in [0.1, 0.15) is 9.84 Å². The number of halogens is 1. The predicted molar refractivity (Wildman–Crippen MR) is 77.0 cm³/mol. The maximum atomic E-state index is 11.1. The van der Waals surface area contributed by atoms with Crippen molar-refractivity contribution in [3.05, 3.63) is 28.8 Å². The number of benzene rings is 1. The Morgan fingerprint density at radius 3 is 2.50 bits per heavy atom. The van der Waals surface area contributed by atoms with Gasteiger partial charge in [-0.1, -0.05) is 17.7 Å². The molecule has 0 spiro atoms. The highest BCUT2D eigenvalue weighted by atomic mass is 35.5. The van der Waals surface area contributed by atoms with Gasteiger partial charge in [-0.15, -0.1) is 0 Å². The number of rotatable bonds is 5. The van der Waals surface area contributed by atoms with Crippen LogP contribution in [0.5, 0.6) is 0 Å². The van der Waals surface area contributed by atoms with Gasteiger partial charge in [-0.3, -0.25) is 0 Å². The molecule has 4 nitrogen and oxygen atoms in total. The van der Waals surface area contributed by atoms with Gasteiger partial charge in [0.15, 0.2) is 0 Å². The Balaban J connectivity index is 2.84. The van der Waals surface area contributed by atoms with Crippen LogP contribution in [0.15, 0.2) is 18.2 Å². The Labute approximate surface area is 114 Å². The fraction of sp³-hybridized carbons (Fsp3) is 0.500. The number of anilines is 1. The number of hydrogen-bond acceptors (Lipinski definition) is 4. The molecule has 1 aromatic carbocycles. The summed E-state index contributed by atoms with van der Waals surface area (Å²) in [4.78, 5) is 1.83. The van der Waals surface area contributed by atoms with Crippen LogP contribution in [-0.4, -0.2) is 34.0 Å². The summed E-state index contributed by atoms with van der Waals surface area (Å²) in [7, 11) is -1.15. The van der Waals surface area contributed by atoms with Crippen LogP contribution in [-0.2, 0) is 9.84 Å². The molecule has 0 amide bonds. The summed E-state index contributed by atoms with van der Waals surface area (Å²) in [5.74, 6) is 0.106. The molecule has 0 saturated carbocycles. The van der Waals surface area contributed by atoms with Gasteiger partial charge in [0.05, 0.1) is 16.5 Å². The Hall–Kier alpha value is -0.780. The van der Waals surface area contributed by atoms with E-state index in [9.17, 15) is 8.42 Å². The van der Waals surface area contributed by atoms with Gasteiger partial charge in [-0.25, -0.2) is 8.42 Å². The maximum Gasteiger partial charge on any atom is 0.149 e. The molecule has 0 aliphatic carbocycles. The fourth-order valence-electron chi connectivity index (χ4n) is 1.54. The fourth-order valence-corrected chi connectivity index (χ4v) is 2.48. The van der Waals surface area contributed by atoms with Gasteiger partial charge < -0.3 is 10.6 Å². The third-order valence-electron chi connectivity index (χ3n) is 2.71. The molecule has 1 atom stereocenters. The highest BCUT2D eigenvalue weighted by Gasteiger charge is 2.11. The quantitative estimate of drug-likeness (QED) is 0.899. The molecule has 2 N–H and O–H groups in total. The zero-order chi connectivity index (χ0) is 13.9. The summed E-state index contributed by atoms with van der Waals surface area (Å²) >= 11 is 6.17. The molecule has 0 radical (unpaired) electrons. The lowest BCUT2D eigenvalue weighted by molar-refractivity contribution is 0.601. The summed E-state index contributed by atoms with van der Waals surface area (Å²) in [6, 6.07) is 5.52. The van der Waals surface area contributed by atoms with E-state index in [0.29, 0.717) is 11.6 Å². The molecule has 0 saturated heterocycles. The molecule has 18 heavy (non-hydrogen) atoms. The van der Waals surface area contributed by atoms with Gasteiger partial charge in [0.25, 0.3) is 0 Å². The number of hydrogen-bond donors (Lipinski definition) is 1. The van der Waals surface area contributed by atoms with Crippen molar-refractivity contribution in [1.82, 2.24) is 0 Å². The molecule has 102 valence electrons. The van der Waals surface area contributed by atoms with Crippen molar-refractivity contribution in [2.24, 2.45) is 5.73 Å². The first-order valence-corrected chi connectivity index (χ1v) is 8.08. The molecule has 0 fully saturated rings. The van der Waals surface area contributed by atoms with Gasteiger partial charge >= 0.3 is 0 Å². The van der Waals surface area contributed by atoms with Crippen LogP contribution in [0.2, 0.25) is 5.02 Å². The van der Waals surface area contributed by atoms with E-state index in [4.69, 9.17) is 17.3 Å². The zero-order valence-electron chi connectivity index (χ0n) is 10.9. The predicted octanol–water partition coefficient (Wildman–Crippen LogP) is 1.84. The molecule has 0 heterocycles.